The van der Waals surface area contributed by atoms with Gasteiger partial charge in [0.1, 0.15) is 5.82 Å². The first kappa shape index (κ1) is 12.9. The molecule has 0 radical (unpaired) electrons. The van der Waals surface area contributed by atoms with Gasteiger partial charge in [-0.2, -0.15) is 0 Å². The van der Waals surface area contributed by atoms with E-state index in [-0.39, 0.29) is 5.82 Å². The summed E-state index contributed by atoms with van der Waals surface area (Å²) in [6.45, 7) is 4.63. The molecule has 1 saturated heterocycles. The molecule has 0 spiro atoms. The smallest absolute Gasteiger partial charge is 0.124 e. The third kappa shape index (κ3) is 3.69. The first-order valence-corrected chi connectivity index (χ1v) is 6.91. The zero-order valence-corrected chi connectivity index (χ0v) is 10.8. The van der Waals surface area contributed by atoms with Gasteiger partial charge in [-0.1, -0.05) is 13.0 Å². The molecule has 0 bridgehead atoms. The molecule has 1 aromatic carbocycles. The fourth-order valence-corrected chi connectivity index (χ4v) is 3.29. The van der Waals surface area contributed by atoms with Gasteiger partial charge in [0, 0.05) is 22.8 Å². The average molecular weight is 255 g/mol. The molecule has 1 aliphatic heterocycles. The van der Waals surface area contributed by atoms with E-state index in [0.29, 0.717) is 11.3 Å². The summed E-state index contributed by atoms with van der Waals surface area (Å²) in [5.41, 5.74) is 0. The van der Waals surface area contributed by atoms with Gasteiger partial charge in [-0.05, 0) is 31.2 Å². The van der Waals surface area contributed by atoms with Gasteiger partial charge in [0.15, 0.2) is 0 Å². The van der Waals surface area contributed by atoms with Crippen LogP contribution in [-0.2, 0) is 4.74 Å². The molecule has 2 unspecified atom stereocenters. The highest BCUT2D eigenvalue weighted by Gasteiger charge is 2.25. The third-order valence-corrected chi connectivity index (χ3v) is 4.15. The molecular formula is C13H18FNOS. The molecule has 1 aromatic rings. The van der Waals surface area contributed by atoms with Gasteiger partial charge in [0.25, 0.3) is 0 Å². The van der Waals surface area contributed by atoms with Gasteiger partial charge >= 0.3 is 0 Å². The lowest BCUT2D eigenvalue weighted by molar-refractivity contribution is 0.0837. The number of hydrogen-bond acceptors (Lipinski definition) is 3. The maximum Gasteiger partial charge on any atom is 0.124 e. The minimum Gasteiger partial charge on any atom is -0.380 e. The van der Waals surface area contributed by atoms with Crippen LogP contribution in [0.25, 0.3) is 0 Å². The number of halogens is 1. The van der Waals surface area contributed by atoms with Crippen LogP contribution in [0.2, 0.25) is 0 Å². The fourth-order valence-electron chi connectivity index (χ4n) is 2.04. The predicted octanol–water partition coefficient (Wildman–Crippen LogP) is 2.68. The zero-order valence-electron chi connectivity index (χ0n) is 9.99. The molecule has 2 nitrogen and oxygen atoms in total. The van der Waals surface area contributed by atoms with Crippen molar-refractivity contribution in [3.63, 3.8) is 0 Å². The van der Waals surface area contributed by atoms with Crippen LogP contribution >= 0.6 is 11.8 Å². The first-order chi connectivity index (χ1) is 8.29. The lowest BCUT2D eigenvalue weighted by Gasteiger charge is -2.31. The Hall–Kier alpha value is -0.580. The van der Waals surface area contributed by atoms with Crippen molar-refractivity contribution < 1.29 is 9.13 Å². The Bertz CT molecular complexity index is 359. The first-order valence-electron chi connectivity index (χ1n) is 6.03. The van der Waals surface area contributed by atoms with E-state index in [1.165, 1.54) is 6.07 Å². The molecule has 4 heteroatoms. The van der Waals surface area contributed by atoms with Crippen LogP contribution in [0, 0.1) is 5.82 Å². The van der Waals surface area contributed by atoms with E-state index in [9.17, 15) is 4.39 Å². The summed E-state index contributed by atoms with van der Waals surface area (Å²) in [4.78, 5) is 0.975. The summed E-state index contributed by atoms with van der Waals surface area (Å²) < 4.78 is 18.6. The second-order valence-corrected chi connectivity index (χ2v) is 5.45. The summed E-state index contributed by atoms with van der Waals surface area (Å²) in [5, 5.41) is 3.84. The van der Waals surface area contributed by atoms with Crippen molar-refractivity contribution in [3.05, 3.63) is 30.1 Å². The molecule has 0 aromatic heterocycles. The number of thioether (sulfide) groups is 1. The van der Waals surface area contributed by atoms with Gasteiger partial charge in [-0.25, -0.2) is 4.39 Å². The van der Waals surface area contributed by atoms with Gasteiger partial charge < -0.3 is 10.1 Å². The Kier molecular flexibility index (Phi) is 4.83. The molecule has 0 saturated carbocycles. The zero-order chi connectivity index (χ0) is 12.1. The Labute approximate surface area is 106 Å². The second kappa shape index (κ2) is 6.38. The monoisotopic (exact) mass is 255 g/mol. The Morgan fingerprint density at radius 1 is 1.53 bits per heavy atom. The SMILES string of the molecule is CCNC1CCOCC1Sc1cccc(F)c1. The molecule has 1 fully saturated rings. The molecule has 2 rings (SSSR count). The number of nitrogens with one attached hydrogen (secondary N) is 1. The lowest BCUT2D eigenvalue weighted by atomic mass is 10.1. The normalized spacial score (nSPS) is 24.8. The maximum absolute atomic E-state index is 13.1. The van der Waals surface area contributed by atoms with Crippen LogP contribution in [0.3, 0.4) is 0 Å². The molecule has 2 atom stereocenters. The van der Waals surface area contributed by atoms with Crippen molar-refractivity contribution in [2.75, 3.05) is 19.8 Å². The molecule has 1 N–H and O–H groups in total. The van der Waals surface area contributed by atoms with Crippen molar-refractivity contribution in [2.45, 2.75) is 29.5 Å². The number of rotatable bonds is 4. The molecule has 17 heavy (non-hydrogen) atoms. The van der Waals surface area contributed by atoms with Crippen molar-refractivity contribution in [2.24, 2.45) is 0 Å². The second-order valence-electron chi connectivity index (χ2n) is 4.14. The van der Waals surface area contributed by atoms with Crippen LogP contribution in [0.4, 0.5) is 4.39 Å². The predicted molar refractivity (Wildman–Crippen MR) is 68.9 cm³/mol. The topological polar surface area (TPSA) is 21.3 Å². The van der Waals surface area contributed by atoms with Gasteiger partial charge in [-0.15, -0.1) is 11.8 Å². The number of ether oxygens (including phenoxy) is 1. The van der Waals surface area contributed by atoms with E-state index in [1.807, 2.05) is 6.07 Å². The van der Waals surface area contributed by atoms with Crippen LogP contribution in [0.15, 0.2) is 29.2 Å². The van der Waals surface area contributed by atoms with E-state index in [2.05, 4.69) is 12.2 Å². The Morgan fingerprint density at radius 2 is 2.41 bits per heavy atom. The summed E-state index contributed by atoms with van der Waals surface area (Å²) >= 11 is 1.70. The molecule has 1 heterocycles. The number of hydrogen-bond donors (Lipinski definition) is 1. The average Bonchev–Trinajstić information content (AvgIpc) is 2.32. The van der Waals surface area contributed by atoms with E-state index in [0.717, 1.165) is 31.1 Å². The number of benzene rings is 1. The summed E-state index contributed by atoms with van der Waals surface area (Å²) in [6.07, 6.45) is 1.03. The minimum absolute atomic E-state index is 0.174. The van der Waals surface area contributed by atoms with Gasteiger partial charge in [0.05, 0.1) is 6.61 Å². The fraction of sp³-hybridized carbons (Fsp3) is 0.538. The molecule has 0 amide bonds. The van der Waals surface area contributed by atoms with Crippen LogP contribution in [0.5, 0.6) is 0 Å². The summed E-state index contributed by atoms with van der Waals surface area (Å²) in [7, 11) is 0. The van der Waals surface area contributed by atoms with Gasteiger partial charge in [0.2, 0.25) is 0 Å². The molecular weight excluding hydrogens is 237 g/mol. The Balaban J connectivity index is 2.00. The van der Waals surface area contributed by atoms with Crippen molar-refractivity contribution in [1.29, 1.82) is 0 Å². The van der Waals surface area contributed by atoms with Crippen molar-refractivity contribution >= 4 is 11.8 Å². The van der Waals surface area contributed by atoms with Gasteiger partial charge in [-0.3, -0.25) is 0 Å². The van der Waals surface area contributed by atoms with Crippen molar-refractivity contribution in [3.8, 4) is 0 Å². The highest BCUT2D eigenvalue weighted by atomic mass is 32.2. The minimum atomic E-state index is -0.174. The standard InChI is InChI=1S/C13H18FNOS/c1-2-15-12-6-7-16-9-13(12)17-11-5-3-4-10(14)8-11/h3-5,8,12-13,15H,2,6-7,9H2,1H3. The van der Waals surface area contributed by atoms with E-state index < -0.39 is 0 Å². The van der Waals surface area contributed by atoms with E-state index in [4.69, 9.17) is 4.74 Å². The van der Waals surface area contributed by atoms with Crippen molar-refractivity contribution in [1.82, 2.24) is 5.32 Å². The maximum atomic E-state index is 13.1. The quantitative estimate of drug-likeness (QED) is 0.894. The third-order valence-electron chi connectivity index (χ3n) is 2.85. The van der Waals surface area contributed by atoms with E-state index >= 15 is 0 Å². The highest BCUT2D eigenvalue weighted by Crippen LogP contribution is 2.29. The highest BCUT2D eigenvalue weighted by molar-refractivity contribution is 8.00. The van der Waals surface area contributed by atoms with Crippen LogP contribution in [-0.4, -0.2) is 31.1 Å². The van der Waals surface area contributed by atoms with Crippen LogP contribution in [0.1, 0.15) is 13.3 Å². The van der Waals surface area contributed by atoms with Crippen LogP contribution < -0.4 is 5.32 Å². The molecule has 0 aliphatic carbocycles. The largest absolute Gasteiger partial charge is 0.380 e. The Morgan fingerprint density at radius 3 is 3.18 bits per heavy atom. The molecule has 1 aliphatic rings. The summed E-state index contributed by atoms with van der Waals surface area (Å²) in [5.74, 6) is -0.174. The molecule has 94 valence electrons. The van der Waals surface area contributed by atoms with E-state index in [1.54, 1.807) is 23.9 Å². The lowest BCUT2D eigenvalue weighted by Crippen LogP contribution is -2.44. The summed E-state index contributed by atoms with van der Waals surface area (Å²) in [6, 6.07) is 7.22.